The van der Waals surface area contributed by atoms with Crippen molar-refractivity contribution in [2.24, 2.45) is 5.92 Å². The minimum atomic E-state index is -0.802. The van der Waals surface area contributed by atoms with Crippen LogP contribution < -0.4 is 0 Å². The van der Waals surface area contributed by atoms with Gasteiger partial charge < -0.3 is 9.67 Å². The molecule has 1 aromatic heterocycles. The second-order valence-electron chi connectivity index (χ2n) is 5.22. The van der Waals surface area contributed by atoms with Crippen molar-refractivity contribution in [3.63, 3.8) is 0 Å². The van der Waals surface area contributed by atoms with Crippen molar-refractivity contribution in [2.75, 3.05) is 5.75 Å². The number of fused-ring (bicyclic) bond motifs is 1. The quantitative estimate of drug-likeness (QED) is 0.872. The average Bonchev–Trinajstić information content (AvgIpc) is 2.95. The molecule has 1 aliphatic rings. The maximum Gasteiger partial charge on any atom is 0.313 e. The van der Waals surface area contributed by atoms with Crippen molar-refractivity contribution in [3.8, 4) is 0 Å². The Kier molecular flexibility index (Phi) is 3.01. The smallest absolute Gasteiger partial charge is 0.313 e. The molecule has 0 spiro atoms. The molecule has 0 aliphatic heterocycles. The van der Waals surface area contributed by atoms with Crippen molar-refractivity contribution in [1.29, 1.82) is 0 Å². The lowest BCUT2D eigenvalue weighted by Gasteiger charge is -2.07. The monoisotopic (exact) mass is 276 g/mol. The fraction of sp³-hybridized carbons (Fsp3) is 0.429. The molecule has 5 heteroatoms. The molecule has 0 saturated heterocycles. The van der Waals surface area contributed by atoms with E-state index in [4.69, 9.17) is 5.11 Å². The zero-order valence-corrected chi connectivity index (χ0v) is 11.8. The van der Waals surface area contributed by atoms with E-state index in [1.165, 1.54) is 17.3 Å². The van der Waals surface area contributed by atoms with Crippen molar-refractivity contribution < 1.29 is 9.90 Å². The van der Waals surface area contributed by atoms with Crippen LogP contribution in [0.2, 0.25) is 0 Å². The van der Waals surface area contributed by atoms with Crippen LogP contribution >= 0.6 is 11.8 Å². The molecule has 2 unspecified atom stereocenters. The SMILES string of the molecule is Cc1ccc2nc(SCC(=O)O)n(C3CC3C)c2c1. The van der Waals surface area contributed by atoms with Gasteiger partial charge >= 0.3 is 5.97 Å². The molecular formula is C14H16N2O2S. The number of carboxylic acids is 1. The van der Waals surface area contributed by atoms with Crippen molar-refractivity contribution in [3.05, 3.63) is 23.8 Å². The Morgan fingerprint density at radius 3 is 2.95 bits per heavy atom. The second kappa shape index (κ2) is 4.56. The number of imidazole rings is 1. The number of rotatable bonds is 4. The van der Waals surface area contributed by atoms with Gasteiger partial charge in [0.15, 0.2) is 5.16 Å². The van der Waals surface area contributed by atoms with Crippen LogP contribution in [0.1, 0.15) is 24.9 Å². The number of benzene rings is 1. The largest absolute Gasteiger partial charge is 0.481 e. The lowest BCUT2D eigenvalue weighted by Crippen LogP contribution is -2.02. The van der Waals surface area contributed by atoms with Gasteiger partial charge in [0.2, 0.25) is 0 Å². The molecule has 2 atom stereocenters. The molecule has 0 amide bonds. The van der Waals surface area contributed by atoms with Gasteiger partial charge in [0.05, 0.1) is 16.8 Å². The minimum Gasteiger partial charge on any atom is -0.481 e. The summed E-state index contributed by atoms with van der Waals surface area (Å²) in [4.78, 5) is 15.3. The van der Waals surface area contributed by atoms with Crippen LogP contribution in [0.5, 0.6) is 0 Å². The Labute approximate surface area is 115 Å². The first kappa shape index (κ1) is 12.5. The van der Waals surface area contributed by atoms with Crippen molar-refractivity contribution in [2.45, 2.75) is 31.5 Å². The van der Waals surface area contributed by atoms with Gasteiger partial charge in [-0.25, -0.2) is 4.98 Å². The van der Waals surface area contributed by atoms with Gasteiger partial charge in [-0.3, -0.25) is 4.79 Å². The summed E-state index contributed by atoms with van der Waals surface area (Å²) in [5.41, 5.74) is 3.29. The van der Waals surface area contributed by atoms with E-state index in [0.29, 0.717) is 12.0 Å². The Hall–Kier alpha value is -1.49. The number of carbonyl (C=O) groups is 1. The number of hydrogen-bond donors (Lipinski definition) is 1. The van der Waals surface area contributed by atoms with E-state index in [-0.39, 0.29) is 5.75 Å². The van der Waals surface area contributed by atoms with Gasteiger partial charge in [-0.05, 0) is 37.0 Å². The molecule has 0 bridgehead atoms. The highest BCUT2D eigenvalue weighted by Crippen LogP contribution is 2.46. The summed E-state index contributed by atoms with van der Waals surface area (Å²) in [5.74, 6) is -0.0885. The van der Waals surface area contributed by atoms with Crippen LogP contribution in [0.25, 0.3) is 11.0 Å². The molecule has 1 heterocycles. The van der Waals surface area contributed by atoms with Crippen LogP contribution in [-0.2, 0) is 4.79 Å². The third-order valence-corrected chi connectivity index (χ3v) is 4.47. The normalized spacial score (nSPS) is 21.8. The number of aryl methyl sites for hydroxylation is 1. The molecule has 19 heavy (non-hydrogen) atoms. The van der Waals surface area contributed by atoms with E-state index in [9.17, 15) is 4.79 Å². The van der Waals surface area contributed by atoms with Gasteiger partial charge in [-0.15, -0.1) is 0 Å². The fourth-order valence-corrected chi connectivity index (χ4v) is 3.18. The number of nitrogens with zero attached hydrogens (tertiary/aromatic N) is 2. The first-order valence-corrected chi connectivity index (χ1v) is 7.38. The van der Waals surface area contributed by atoms with Crippen LogP contribution in [0, 0.1) is 12.8 Å². The predicted molar refractivity (Wildman–Crippen MR) is 75.6 cm³/mol. The fourth-order valence-electron chi connectivity index (χ4n) is 2.39. The summed E-state index contributed by atoms with van der Waals surface area (Å²) in [6, 6.07) is 6.67. The zero-order valence-electron chi connectivity index (χ0n) is 11.0. The maximum atomic E-state index is 10.7. The molecule has 0 radical (unpaired) electrons. The summed E-state index contributed by atoms with van der Waals surface area (Å²) in [6.45, 7) is 4.29. The van der Waals surface area contributed by atoms with Crippen molar-refractivity contribution in [1.82, 2.24) is 9.55 Å². The summed E-state index contributed by atoms with van der Waals surface area (Å²) in [5, 5.41) is 9.66. The van der Waals surface area contributed by atoms with Gasteiger partial charge in [0.25, 0.3) is 0 Å². The molecule has 4 nitrogen and oxygen atoms in total. The predicted octanol–water partition coefficient (Wildman–Crippen LogP) is 3.10. The van der Waals surface area contributed by atoms with Crippen LogP contribution in [0.15, 0.2) is 23.4 Å². The number of aromatic nitrogens is 2. The Balaban J connectivity index is 2.06. The summed E-state index contributed by atoms with van der Waals surface area (Å²) in [7, 11) is 0. The van der Waals surface area contributed by atoms with E-state index in [2.05, 4.69) is 29.5 Å². The van der Waals surface area contributed by atoms with Crippen LogP contribution in [-0.4, -0.2) is 26.4 Å². The highest BCUT2D eigenvalue weighted by Gasteiger charge is 2.37. The highest BCUT2D eigenvalue weighted by atomic mass is 32.2. The summed E-state index contributed by atoms with van der Waals surface area (Å²) < 4.78 is 2.22. The Bertz CT molecular complexity index is 650. The molecule has 1 aromatic carbocycles. The first-order chi connectivity index (χ1) is 9.06. The van der Waals surface area contributed by atoms with E-state index < -0.39 is 5.97 Å². The number of hydrogen-bond acceptors (Lipinski definition) is 3. The molecule has 1 fully saturated rings. The zero-order chi connectivity index (χ0) is 13.6. The third-order valence-electron chi connectivity index (χ3n) is 3.54. The van der Waals surface area contributed by atoms with E-state index in [0.717, 1.165) is 22.6 Å². The molecule has 3 rings (SSSR count). The molecular weight excluding hydrogens is 260 g/mol. The summed E-state index contributed by atoms with van der Waals surface area (Å²) in [6.07, 6.45) is 1.15. The lowest BCUT2D eigenvalue weighted by molar-refractivity contribution is -0.133. The minimum absolute atomic E-state index is 0.0589. The van der Waals surface area contributed by atoms with Crippen LogP contribution in [0.4, 0.5) is 0 Å². The van der Waals surface area contributed by atoms with Gasteiger partial charge in [-0.2, -0.15) is 0 Å². The molecule has 1 aliphatic carbocycles. The molecule has 2 aromatic rings. The average molecular weight is 276 g/mol. The third kappa shape index (κ3) is 2.34. The summed E-state index contributed by atoms with van der Waals surface area (Å²) >= 11 is 1.31. The Morgan fingerprint density at radius 1 is 1.58 bits per heavy atom. The van der Waals surface area contributed by atoms with Gasteiger partial charge in [0, 0.05) is 6.04 Å². The number of carboxylic acid groups (broad SMARTS) is 1. The van der Waals surface area contributed by atoms with Crippen molar-refractivity contribution >= 4 is 28.8 Å². The Morgan fingerprint density at radius 2 is 2.32 bits per heavy atom. The number of thioether (sulfide) groups is 1. The standard InChI is InChI=1S/C14H16N2O2S/c1-8-3-4-10-12(5-8)16(11-6-9(11)2)14(15-10)19-7-13(17)18/h3-5,9,11H,6-7H2,1-2H3,(H,17,18). The molecule has 1 saturated carbocycles. The van der Waals surface area contributed by atoms with E-state index in [1.54, 1.807) is 0 Å². The van der Waals surface area contributed by atoms with E-state index >= 15 is 0 Å². The lowest BCUT2D eigenvalue weighted by atomic mass is 10.2. The molecule has 100 valence electrons. The number of aliphatic carboxylic acids is 1. The maximum absolute atomic E-state index is 10.7. The molecule has 1 N–H and O–H groups in total. The topological polar surface area (TPSA) is 55.1 Å². The van der Waals surface area contributed by atoms with Crippen LogP contribution in [0.3, 0.4) is 0 Å². The van der Waals surface area contributed by atoms with Gasteiger partial charge in [0.1, 0.15) is 0 Å². The van der Waals surface area contributed by atoms with E-state index in [1.807, 2.05) is 12.1 Å². The van der Waals surface area contributed by atoms with Gasteiger partial charge in [-0.1, -0.05) is 24.8 Å². The first-order valence-electron chi connectivity index (χ1n) is 6.39. The second-order valence-corrected chi connectivity index (χ2v) is 6.16. The highest BCUT2D eigenvalue weighted by molar-refractivity contribution is 7.99.